The molecule has 4 heteroatoms. The smallest absolute Gasteiger partial charge is 0.0191 e. The topological polar surface area (TPSA) is 12.0 Å². The largest absolute Gasteiger partial charge is 0.208 e. The molecule has 1 heterocycles. The van der Waals surface area contributed by atoms with Crippen LogP contribution in [0.4, 0.5) is 0 Å². The molecule has 0 bridgehead atoms. The molecule has 1 aliphatic heterocycles. The predicted molar refractivity (Wildman–Crippen MR) is 35.3 cm³/mol. The average Bonchev–Trinajstić information content (AvgIpc) is 1.76. The van der Waals surface area contributed by atoms with Crippen LogP contribution in [0.3, 0.4) is 0 Å². The molecule has 1 aliphatic rings. The zero-order valence-corrected chi connectivity index (χ0v) is 5.59. The normalized spacial score (nSPS) is 20.0. The van der Waals surface area contributed by atoms with E-state index in [9.17, 15) is 0 Å². The Morgan fingerprint density at radius 2 is 1.67 bits per heavy atom. The standard InChI is InChI=1S/C2H5NS2.ClH/c1-2-5-3-4-1;/h3H,1-2H2;1H. The summed E-state index contributed by atoms with van der Waals surface area (Å²) in [5, 5.41) is 0. The van der Waals surface area contributed by atoms with Gasteiger partial charge in [0.05, 0.1) is 0 Å². The number of halogens is 1. The Balaban J connectivity index is 0.000000250. The van der Waals surface area contributed by atoms with E-state index in [1.807, 2.05) is 0 Å². The Morgan fingerprint density at radius 1 is 1.17 bits per heavy atom. The molecule has 1 N–H and O–H groups in total. The van der Waals surface area contributed by atoms with Gasteiger partial charge >= 0.3 is 0 Å². The maximum Gasteiger partial charge on any atom is 0.0191 e. The molecule has 0 aromatic rings. The molecule has 0 aromatic heterocycles. The third-order valence-corrected chi connectivity index (χ3v) is 2.42. The first-order chi connectivity index (χ1) is 2.50. The summed E-state index contributed by atoms with van der Waals surface area (Å²) in [6.45, 7) is 0. The van der Waals surface area contributed by atoms with E-state index < -0.39 is 0 Å². The van der Waals surface area contributed by atoms with Crippen LogP contribution in [0.1, 0.15) is 0 Å². The number of hydrogen-bond acceptors (Lipinski definition) is 3. The Hall–Kier alpha value is 0.950. The van der Waals surface area contributed by atoms with Gasteiger partial charge < -0.3 is 0 Å². The molecule has 1 fully saturated rings. The van der Waals surface area contributed by atoms with Crippen LogP contribution in [0.15, 0.2) is 0 Å². The van der Waals surface area contributed by atoms with Gasteiger partial charge in [-0.05, 0) is 0 Å². The summed E-state index contributed by atoms with van der Waals surface area (Å²) in [5.41, 5.74) is 0. The van der Waals surface area contributed by atoms with Crippen molar-refractivity contribution in [3.8, 4) is 0 Å². The molecule has 1 saturated heterocycles. The highest BCUT2D eigenvalue weighted by Crippen LogP contribution is 2.12. The molecule has 1 nitrogen and oxygen atoms in total. The third kappa shape index (κ3) is 2.18. The first-order valence-corrected chi connectivity index (χ1v) is 3.46. The number of rotatable bonds is 0. The van der Waals surface area contributed by atoms with Crippen molar-refractivity contribution in [3.63, 3.8) is 0 Å². The molecular weight excluding hydrogens is 138 g/mol. The van der Waals surface area contributed by atoms with E-state index in [1.165, 1.54) is 11.5 Å². The van der Waals surface area contributed by atoms with Crippen molar-refractivity contribution < 1.29 is 0 Å². The van der Waals surface area contributed by atoms with Crippen molar-refractivity contribution >= 4 is 36.3 Å². The molecule has 6 heavy (non-hydrogen) atoms. The van der Waals surface area contributed by atoms with Crippen LogP contribution < -0.4 is 4.13 Å². The van der Waals surface area contributed by atoms with E-state index in [-0.39, 0.29) is 12.4 Å². The highest BCUT2D eigenvalue weighted by atomic mass is 35.5. The van der Waals surface area contributed by atoms with Gasteiger partial charge in [0.15, 0.2) is 0 Å². The Labute approximate surface area is 52.3 Å². The van der Waals surface area contributed by atoms with Crippen LogP contribution in [0.2, 0.25) is 0 Å². The SMILES string of the molecule is C1CSNS1.Cl. The molecule has 0 radical (unpaired) electrons. The second kappa shape index (κ2) is 4.12. The average molecular weight is 144 g/mol. The Morgan fingerprint density at radius 3 is 1.83 bits per heavy atom. The van der Waals surface area contributed by atoms with Crippen LogP contribution in [-0.4, -0.2) is 11.5 Å². The third-order valence-electron chi connectivity index (χ3n) is 0.405. The van der Waals surface area contributed by atoms with E-state index in [1.54, 1.807) is 23.9 Å². The van der Waals surface area contributed by atoms with Crippen LogP contribution in [-0.2, 0) is 0 Å². The molecule has 0 atom stereocenters. The fourth-order valence-electron chi connectivity index (χ4n) is 0.208. The van der Waals surface area contributed by atoms with Crippen molar-refractivity contribution in [2.75, 3.05) is 11.5 Å². The summed E-state index contributed by atoms with van der Waals surface area (Å²) in [5.74, 6) is 2.54. The monoisotopic (exact) mass is 143 g/mol. The molecule has 0 saturated carbocycles. The van der Waals surface area contributed by atoms with Crippen molar-refractivity contribution in [2.45, 2.75) is 0 Å². The predicted octanol–water partition coefficient (Wildman–Crippen LogP) is 1.31. The molecule has 0 amide bonds. The van der Waals surface area contributed by atoms with Gasteiger partial charge in [-0.1, -0.05) is 23.9 Å². The summed E-state index contributed by atoms with van der Waals surface area (Å²) in [6.07, 6.45) is 0. The quantitative estimate of drug-likeness (QED) is 0.514. The lowest BCUT2D eigenvalue weighted by molar-refractivity contribution is 1.59. The van der Waals surface area contributed by atoms with E-state index in [4.69, 9.17) is 0 Å². The molecule has 38 valence electrons. The number of nitrogens with one attached hydrogen (secondary N) is 1. The first kappa shape index (κ1) is 6.95. The molecular formula is C2H6ClNS2. The van der Waals surface area contributed by atoms with E-state index in [0.29, 0.717) is 0 Å². The Kier molecular flexibility index (Phi) is 4.77. The molecule has 1 rings (SSSR count). The first-order valence-electron chi connectivity index (χ1n) is 1.49. The van der Waals surface area contributed by atoms with Gasteiger partial charge in [-0.3, -0.25) is 0 Å². The van der Waals surface area contributed by atoms with E-state index >= 15 is 0 Å². The van der Waals surface area contributed by atoms with Crippen LogP contribution in [0.5, 0.6) is 0 Å². The minimum Gasteiger partial charge on any atom is -0.208 e. The maximum absolute atomic E-state index is 3.06. The minimum atomic E-state index is 0. The summed E-state index contributed by atoms with van der Waals surface area (Å²) >= 11 is 3.57. The van der Waals surface area contributed by atoms with E-state index in [2.05, 4.69) is 4.13 Å². The number of hydrogen-bond donors (Lipinski definition) is 1. The fraction of sp³-hybridized carbons (Fsp3) is 1.00. The summed E-state index contributed by atoms with van der Waals surface area (Å²) in [4.78, 5) is 0. The molecule has 0 aromatic carbocycles. The van der Waals surface area contributed by atoms with Crippen molar-refractivity contribution in [1.82, 2.24) is 4.13 Å². The van der Waals surface area contributed by atoms with Crippen molar-refractivity contribution in [2.24, 2.45) is 0 Å². The lowest BCUT2D eigenvalue weighted by atomic mass is 11.0. The van der Waals surface area contributed by atoms with Gasteiger partial charge in [0.25, 0.3) is 0 Å². The van der Waals surface area contributed by atoms with E-state index in [0.717, 1.165) is 0 Å². The highest BCUT2D eigenvalue weighted by molar-refractivity contribution is 8.15. The summed E-state index contributed by atoms with van der Waals surface area (Å²) < 4.78 is 3.06. The van der Waals surface area contributed by atoms with Crippen molar-refractivity contribution in [1.29, 1.82) is 0 Å². The maximum atomic E-state index is 3.06. The summed E-state index contributed by atoms with van der Waals surface area (Å²) in [6, 6.07) is 0. The van der Waals surface area contributed by atoms with Crippen LogP contribution in [0, 0.1) is 0 Å². The van der Waals surface area contributed by atoms with Crippen LogP contribution in [0.25, 0.3) is 0 Å². The second-order valence-electron chi connectivity index (χ2n) is 0.780. The fourth-order valence-corrected chi connectivity index (χ4v) is 1.87. The van der Waals surface area contributed by atoms with Gasteiger partial charge in [0, 0.05) is 11.5 Å². The van der Waals surface area contributed by atoms with Gasteiger partial charge in [-0.15, -0.1) is 12.4 Å². The minimum absolute atomic E-state index is 0. The highest BCUT2D eigenvalue weighted by Gasteiger charge is 1.94. The van der Waals surface area contributed by atoms with Gasteiger partial charge in [-0.2, -0.15) is 0 Å². The lowest BCUT2D eigenvalue weighted by Crippen LogP contribution is -1.72. The van der Waals surface area contributed by atoms with Gasteiger partial charge in [0.2, 0.25) is 0 Å². The molecule has 0 unspecified atom stereocenters. The zero-order valence-electron chi connectivity index (χ0n) is 3.14. The lowest BCUT2D eigenvalue weighted by Gasteiger charge is -1.74. The molecule has 0 aliphatic carbocycles. The van der Waals surface area contributed by atoms with Gasteiger partial charge in [0.1, 0.15) is 0 Å². The summed E-state index contributed by atoms with van der Waals surface area (Å²) in [7, 11) is 0. The zero-order chi connectivity index (χ0) is 3.54. The molecule has 0 spiro atoms. The Bertz CT molecular complexity index is 23.1. The van der Waals surface area contributed by atoms with Crippen molar-refractivity contribution in [3.05, 3.63) is 0 Å². The van der Waals surface area contributed by atoms with Gasteiger partial charge in [-0.25, -0.2) is 4.13 Å². The second-order valence-corrected chi connectivity index (χ2v) is 2.84. The van der Waals surface area contributed by atoms with Crippen LogP contribution >= 0.6 is 36.3 Å².